The van der Waals surface area contributed by atoms with Crippen molar-refractivity contribution in [2.75, 3.05) is 18.7 Å². The Hall–Kier alpha value is -1.56. The van der Waals surface area contributed by atoms with E-state index in [0.717, 1.165) is 31.4 Å². The molecular weight excluding hydrogens is 310 g/mol. The van der Waals surface area contributed by atoms with Crippen molar-refractivity contribution in [3.8, 4) is 0 Å². The Kier molecular flexibility index (Phi) is 5.20. The lowest BCUT2D eigenvalue weighted by molar-refractivity contribution is -0.145. The van der Waals surface area contributed by atoms with Crippen LogP contribution in [0.1, 0.15) is 31.4 Å². The van der Waals surface area contributed by atoms with E-state index in [-0.39, 0.29) is 23.8 Å². The number of likely N-dealkylation sites (N-methyl/N-ethyl adjacent to an activating group) is 1. The molecule has 2 heterocycles. The van der Waals surface area contributed by atoms with E-state index >= 15 is 0 Å². The first-order valence-corrected chi connectivity index (χ1v) is 9.35. The fourth-order valence-electron chi connectivity index (χ4n) is 3.34. The number of hydrogen-bond acceptors (Lipinski definition) is 4. The summed E-state index contributed by atoms with van der Waals surface area (Å²) in [5.41, 5.74) is 0.864. The van der Waals surface area contributed by atoms with Crippen LogP contribution in [0.2, 0.25) is 0 Å². The summed E-state index contributed by atoms with van der Waals surface area (Å²) in [5.74, 6) is 1.67. The number of carbonyl (C=O) groups is 2. The number of hydrogen-bond donors (Lipinski definition) is 0. The van der Waals surface area contributed by atoms with Crippen LogP contribution in [0.4, 0.5) is 0 Å². The molecule has 6 heteroatoms. The maximum absolute atomic E-state index is 12.8. The smallest absolute Gasteiger partial charge is 0.246 e. The van der Waals surface area contributed by atoms with Gasteiger partial charge in [-0.2, -0.15) is 0 Å². The summed E-state index contributed by atoms with van der Waals surface area (Å²) in [7, 11) is 1.79. The van der Waals surface area contributed by atoms with Crippen molar-refractivity contribution < 1.29 is 9.59 Å². The molecule has 1 aromatic rings. The maximum atomic E-state index is 12.8. The Morgan fingerprint density at radius 2 is 2.13 bits per heavy atom. The molecule has 23 heavy (non-hydrogen) atoms. The number of rotatable bonds is 4. The van der Waals surface area contributed by atoms with Gasteiger partial charge in [-0.3, -0.25) is 14.6 Å². The van der Waals surface area contributed by atoms with Gasteiger partial charge in [-0.25, -0.2) is 0 Å². The molecule has 1 aliphatic carbocycles. The van der Waals surface area contributed by atoms with Crippen molar-refractivity contribution >= 4 is 23.6 Å². The van der Waals surface area contributed by atoms with Gasteiger partial charge >= 0.3 is 0 Å². The molecule has 0 N–H and O–H groups in total. The van der Waals surface area contributed by atoms with Gasteiger partial charge in [-0.05, 0) is 25.0 Å². The first kappa shape index (κ1) is 16.3. The third-order valence-corrected chi connectivity index (χ3v) is 5.67. The zero-order valence-corrected chi connectivity index (χ0v) is 14.3. The van der Waals surface area contributed by atoms with Crippen LogP contribution < -0.4 is 0 Å². The first-order chi connectivity index (χ1) is 11.2. The lowest BCUT2D eigenvalue weighted by Crippen LogP contribution is -2.49. The Morgan fingerprint density at radius 3 is 2.83 bits per heavy atom. The van der Waals surface area contributed by atoms with Gasteiger partial charge in [-0.15, -0.1) is 11.8 Å². The second kappa shape index (κ2) is 7.34. The van der Waals surface area contributed by atoms with Crippen molar-refractivity contribution in [2.24, 2.45) is 5.92 Å². The minimum Gasteiger partial charge on any atom is -0.338 e. The SMILES string of the molecule is CN(Cc1ccccn1)C(=O)[C@@H]1CSCN1C(=O)C1CCCC1. The summed E-state index contributed by atoms with van der Waals surface area (Å²) in [5, 5.41) is 0. The summed E-state index contributed by atoms with van der Waals surface area (Å²) in [4.78, 5) is 33.2. The largest absolute Gasteiger partial charge is 0.338 e. The van der Waals surface area contributed by atoms with Crippen molar-refractivity contribution in [1.82, 2.24) is 14.8 Å². The van der Waals surface area contributed by atoms with Gasteiger partial charge < -0.3 is 9.80 Å². The van der Waals surface area contributed by atoms with Crippen LogP contribution in [-0.4, -0.2) is 51.3 Å². The molecule has 1 aliphatic heterocycles. The van der Waals surface area contributed by atoms with Crippen LogP contribution in [0.5, 0.6) is 0 Å². The molecule has 2 amide bonds. The maximum Gasteiger partial charge on any atom is 0.246 e. The highest BCUT2D eigenvalue weighted by atomic mass is 32.2. The second-order valence-corrected chi connectivity index (χ2v) is 7.32. The van der Waals surface area contributed by atoms with Crippen molar-refractivity contribution in [1.29, 1.82) is 0 Å². The molecule has 2 fully saturated rings. The summed E-state index contributed by atoms with van der Waals surface area (Å²) in [6.45, 7) is 0.478. The minimum atomic E-state index is -0.318. The highest BCUT2D eigenvalue weighted by Gasteiger charge is 2.39. The zero-order chi connectivity index (χ0) is 16.2. The Balaban J connectivity index is 1.64. The standard InChI is InChI=1S/C17H23N3O2S/c1-19(10-14-8-4-5-9-18-14)17(22)15-11-23-12-20(15)16(21)13-6-2-3-7-13/h4-5,8-9,13,15H,2-3,6-7,10-12H2,1H3/t15-/m0/s1. The molecule has 1 saturated heterocycles. The molecule has 0 bridgehead atoms. The average molecular weight is 333 g/mol. The zero-order valence-electron chi connectivity index (χ0n) is 13.5. The number of aromatic nitrogens is 1. The molecule has 3 rings (SSSR count). The average Bonchev–Trinajstić information content (AvgIpc) is 3.26. The van der Waals surface area contributed by atoms with Gasteiger partial charge in [0.15, 0.2) is 0 Å². The molecule has 0 radical (unpaired) electrons. The van der Waals surface area contributed by atoms with Gasteiger partial charge in [0.25, 0.3) is 0 Å². The van der Waals surface area contributed by atoms with Crippen LogP contribution in [0.25, 0.3) is 0 Å². The summed E-state index contributed by atoms with van der Waals surface area (Å²) >= 11 is 1.67. The molecule has 0 unspecified atom stereocenters. The van der Waals surface area contributed by atoms with Crippen LogP contribution in [0, 0.1) is 5.92 Å². The molecule has 1 saturated carbocycles. The molecule has 2 aliphatic rings. The Labute approximate surface area is 141 Å². The predicted molar refractivity (Wildman–Crippen MR) is 90.6 cm³/mol. The van der Waals surface area contributed by atoms with Crippen molar-refractivity contribution in [3.05, 3.63) is 30.1 Å². The number of amides is 2. The van der Waals surface area contributed by atoms with Crippen molar-refractivity contribution in [3.63, 3.8) is 0 Å². The number of nitrogens with zero attached hydrogens (tertiary/aromatic N) is 3. The number of carbonyl (C=O) groups excluding carboxylic acids is 2. The van der Waals surface area contributed by atoms with Gasteiger partial charge in [0.2, 0.25) is 11.8 Å². The van der Waals surface area contributed by atoms with E-state index in [0.29, 0.717) is 18.2 Å². The van der Waals surface area contributed by atoms with E-state index in [1.165, 1.54) is 0 Å². The molecule has 1 aromatic heterocycles. The fraction of sp³-hybridized carbons (Fsp3) is 0.588. The topological polar surface area (TPSA) is 53.5 Å². The Morgan fingerprint density at radius 1 is 1.35 bits per heavy atom. The van der Waals surface area contributed by atoms with E-state index < -0.39 is 0 Å². The third kappa shape index (κ3) is 3.68. The quantitative estimate of drug-likeness (QED) is 0.847. The predicted octanol–water partition coefficient (Wildman–Crippen LogP) is 2.13. The molecule has 0 spiro atoms. The lowest BCUT2D eigenvalue weighted by atomic mass is 10.1. The van der Waals surface area contributed by atoms with Gasteiger partial charge in [0.05, 0.1) is 18.1 Å². The number of pyridine rings is 1. The van der Waals surface area contributed by atoms with Crippen LogP contribution in [-0.2, 0) is 16.1 Å². The number of thioether (sulfide) groups is 1. The molecular formula is C17H23N3O2S. The monoisotopic (exact) mass is 333 g/mol. The van der Waals surface area contributed by atoms with Gasteiger partial charge in [0, 0.05) is 24.9 Å². The van der Waals surface area contributed by atoms with E-state index in [1.54, 1.807) is 34.8 Å². The second-order valence-electron chi connectivity index (χ2n) is 6.32. The summed E-state index contributed by atoms with van der Waals surface area (Å²) in [6, 6.07) is 5.37. The van der Waals surface area contributed by atoms with E-state index in [1.807, 2.05) is 18.2 Å². The highest BCUT2D eigenvalue weighted by molar-refractivity contribution is 7.99. The normalized spacial score (nSPS) is 21.6. The Bertz CT molecular complexity index is 560. The fourth-order valence-corrected chi connectivity index (χ4v) is 4.49. The molecule has 1 atom stereocenters. The summed E-state index contributed by atoms with van der Waals surface area (Å²) in [6.07, 6.45) is 5.95. The summed E-state index contributed by atoms with van der Waals surface area (Å²) < 4.78 is 0. The van der Waals surface area contributed by atoms with E-state index in [9.17, 15) is 9.59 Å². The third-order valence-electron chi connectivity index (χ3n) is 4.66. The van der Waals surface area contributed by atoms with Crippen LogP contribution in [0.3, 0.4) is 0 Å². The van der Waals surface area contributed by atoms with Crippen molar-refractivity contribution in [2.45, 2.75) is 38.3 Å². The van der Waals surface area contributed by atoms with E-state index in [4.69, 9.17) is 0 Å². The van der Waals surface area contributed by atoms with Crippen LogP contribution in [0.15, 0.2) is 24.4 Å². The van der Waals surface area contributed by atoms with Gasteiger partial charge in [-0.1, -0.05) is 18.9 Å². The molecule has 124 valence electrons. The molecule has 0 aromatic carbocycles. The highest BCUT2D eigenvalue weighted by Crippen LogP contribution is 2.31. The minimum absolute atomic E-state index is 0.0204. The lowest BCUT2D eigenvalue weighted by Gasteiger charge is -2.29. The first-order valence-electron chi connectivity index (χ1n) is 8.20. The molecule has 5 nitrogen and oxygen atoms in total. The van der Waals surface area contributed by atoms with Crippen LogP contribution >= 0.6 is 11.8 Å². The van der Waals surface area contributed by atoms with E-state index in [2.05, 4.69) is 4.98 Å². The van der Waals surface area contributed by atoms with Gasteiger partial charge in [0.1, 0.15) is 6.04 Å².